The molecule has 2 nitrogen and oxygen atoms in total. The summed E-state index contributed by atoms with van der Waals surface area (Å²) < 4.78 is 61.8. The molecule has 0 atom stereocenters. The molecule has 0 radical (unpaired) electrons. The van der Waals surface area contributed by atoms with Crippen molar-refractivity contribution < 1.29 is 22.0 Å². The monoisotopic (exact) mass is 276 g/mol. The highest BCUT2D eigenvalue weighted by Gasteiger charge is 2.30. The first-order valence-corrected chi connectivity index (χ1v) is 5.36. The zero-order valence-corrected chi connectivity index (χ0v) is 9.51. The molecule has 0 aliphatic heterocycles. The van der Waals surface area contributed by atoms with Gasteiger partial charge in [0.05, 0.1) is 17.6 Å². The largest absolute Gasteiger partial charge is 0.416 e. The zero-order chi connectivity index (χ0) is 14.0. The van der Waals surface area contributed by atoms with Gasteiger partial charge in [0.25, 0.3) is 6.43 Å². The molecule has 0 fully saturated rings. The van der Waals surface area contributed by atoms with Gasteiger partial charge in [-0.05, 0) is 18.2 Å². The third-order valence-corrected chi connectivity index (χ3v) is 2.52. The summed E-state index contributed by atoms with van der Waals surface area (Å²) in [5.74, 6) is 0. The molecule has 1 aromatic heterocycles. The number of anilines is 1. The quantitative estimate of drug-likeness (QED) is 0.859. The number of aromatic nitrogens is 1. The van der Waals surface area contributed by atoms with E-state index in [-0.39, 0.29) is 5.52 Å². The lowest BCUT2D eigenvalue weighted by Crippen LogP contribution is -2.10. The number of hydrogen-bond acceptors (Lipinski definition) is 2. The second-order valence-electron chi connectivity index (χ2n) is 3.86. The predicted molar refractivity (Wildman–Crippen MR) is 61.2 cm³/mol. The fraction of sp³-hybridized carbons (Fsp3) is 0.250. The van der Waals surface area contributed by atoms with Crippen LogP contribution in [-0.4, -0.2) is 18.0 Å². The van der Waals surface area contributed by atoms with Gasteiger partial charge in [0, 0.05) is 17.3 Å². The van der Waals surface area contributed by atoms with E-state index in [1.165, 1.54) is 18.3 Å². The minimum Gasteiger partial charge on any atom is -0.379 e. The summed E-state index contributed by atoms with van der Waals surface area (Å²) in [5.41, 5.74) is -0.383. The summed E-state index contributed by atoms with van der Waals surface area (Å²) in [6, 6.07) is 4.46. The molecule has 1 N–H and O–H groups in total. The highest BCUT2D eigenvalue weighted by molar-refractivity contribution is 5.91. The molecule has 2 rings (SSSR count). The van der Waals surface area contributed by atoms with Crippen molar-refractivity contribution >= 4 is 16.6 Å². The van der Waals surface area contributed by atoms with Crippen LogP contribution in [0.2, 0.25) is 0 Å². The lowest BCUT2D eigenvalue weighted by atomic mass is 10.1. The van der Waals surface area contributed by atoms with Gasteiger partial charge < -0.3 is 5.32 Å². The number of hydrogen-bond donors (Lipinski definition) is 1. The van der Waals surface area contributed by atoms with Crippen LogP contribution in [-0.2, 0) is 6.18 Å². The van der Waals surface area contributed by atoms with Crippen LogP contribution < -0.4 is 5.32 Å². The Hall–Kier alpha value is -1.92. The molecular weight excluding hydrogens is 267 g/mol. The van der Waals surface area contributed by atoms with Crippen LogP contribution in [0.1, 0.15) is 5.56 Å². The maximum Gasteiger partial charge on any atom is 0.416 e. The van der Waals surface area contributed by atoms with Crippen LogP contribution in [0, 0.1) is 0 Å². The molecule has 1 aromatic carbocycles. The fourth-order valence-corrected chi connectivity index (χ4v) is 1.67. The number of fused-ring (bicyclic) bond motifs is 1. The Morgan fingerprint density at radius 3 is 2.53 bits per heavy atom. The first-order chi connectivity index (χ1) is 8.88. The topological polar surface area (TPSA) is 24.9 Å². The van der Waals surface area contributed by atoms with Crippen molar-refractivity contribution in [3.63, 3.8) is 0 Å². The van der Waals surface area contributed by atoms with Crippen molar-refractivity contribution in [2.24, 2.45) is 0 Å². The average molecular weight is 276 g/mol. The van der Waals surface area contributed by atoms with E-state index in [2.05, 4.69) is 10.3 Å². The van der Waals surface area contributed by atoms with E-state index in [0.717, 1.165) is 12.1 Å². The third-order valence-electron chi connectivity index (χ3n) is 2.52. The van der Waals surface area contributed by atoms with Crippen molar-refractivity contribution in [2.75, 3.05) is 11.9 Å². The molecule has 102 valence electrons. The van der Waals surface area contributed by atoms with Crippen molar-refractivity contribution in [1.29, 1.82) is 0 Å². The summed E-state index contributed by atoms with van der Waals surface area (Å²) in [7, 11) is 0. The summed E-state index contributed by atoms with van der Waals surface area (Å²) in [5, 5.41) is 2.85. The van der Waals surface area contributed by atoms with Crippen LogP contribution in [0.15, 0.2) is 30.5 Å². The highest BCUT2D eigenvalue weighted by atomic mass is 19.4. The summed E-state index contributed by atoms with van der Waals surface area (Å²) in [6.45, 7) is -0.569. The van der Waals surface area contributed by atoms with E-state index in [0.29, 0.717) is 11.1 Å². The fourth-order valence-electron chi connectivity index (χ4n) is 1.67. The standard InChI is InChI=1S/C12H9F5N2/c13-11(14)6-19-9-3-4-18-10-5-7(12(15,16)17)1-2-8(9)10/h1-5,11H,6H2,(H,18,19). The van der Waals surface area contributed by atoms with Gasteiger partial charge in [-0.3, -0.25) is 4.98 Å². The van der Waals surface area contributed by atoms with Crippen LogP contribution in [0.3, 0.4) is 0 Å². The number of benzene rings is 1. The van der Waals surface area contributed by atoms with E-state index >= 15 is 0 Å². The van der Waals surface area contributed by atoms with E-state index in [9.17, 15) is 22.0 Å². The lowest BCUT2D eigenvalue weighted by molar-refractivity contribution is -0.137. The van der Waals surface area contributed by atoms with E-state index in [4.69, 9.17) is 0 Å². The first-order valence-electron chi connectivity index (χ1n) is 5.36. The van der Waals surface area contributed by atoms with E-state index < -0.39 is 24.7 Å². The molecule has 0 saturated carbocycles. The Morgan fingerprint density at radius 2 is 1.89 bits per heavy atom. The van der Waals surface area contributed by atoms with Gasteiger partial charge in [0.1, 0.15) is 0 Å². The molecule has 0 amide bonds. The van der Waals surface area contributed by atoms with Gasteiger partial charge in [-0.2, -0.15) is 13.2 Å². The minimum absolute atomic E-state index is 0.106. The molecular formula is C12H9F5N2. The summed E-state index contributed by atoms with van der Waals surface area (Å²) >= 11 is 0. The van der Waals surface area contributed by atoms with Crippen LogP contribution in [0.4, 0.5) is 27.6 Å². The third kappa shape index (κ3) is 3.10. The number of rotatable bonds is 3. The highest BCUT2D eigenvalue weighted by Crippen LogP contribution is 2.32. The second-order valence-corrected chi connectivity index (χ2v) is 3.86. The van der Waals surface area contributed by atoms with Gasteiger partial charge in [0.2, 0.25) is 0 Å². The Kier molecular flexibility index (Phi) is 3.55. The number of pyridine rings is 1. The predicted octanol–water partition coefficient (Wildman–Crippen LogP) is 3.93. The van der Waals surface area contributed by atoms with Crippen molar-refractivity contribution in [2.45, 2.75) is 12.6 Å². The number of halogens is 5. The smallest absolute Gasteiger partial charge is 0.379 e. The molecule has 0 unspecified atom stereocenters. The number of alkyl halides is 5. The normalized spacial score (nSPS) is 12.1. The first kappa shape index (κ1) is 13.5. The Morgan fingerprint density at radius 1 is 1.16 bits per heavy atom. The molecule has 0 spiro atoms. The maximum absolute atomic E-state index is 12.5. The maximum atomic E-state index is 12.5. The molecule has 19 heavy (non-hydrogen) atoms. The molecule has 0 saturated heterocycles. The van der Waals surface area contributed by atoms with Gasteiger partial charge in [-0.15, -0.1) is 0 Å². The Labute approximate surface area is 105 Å². The average Bonchev–Trinajstić information content (AvgIpc) is 2.34. The van der Waals surface area contributed by atoms with Crippen molar-refractivity contribution in [3.05, 3.63) is 36.0 Å². The summed E-state index contributed by atoms with van der Waals surface area (Å²) in [6.07, 6.45) is -5.73. The van der Waals surface area contributed by atoms with Crippen molar-refractivity contribution in [3.8, 4) is 0 Å². The van der Waals surface area contributed by atoms with E-state index in [1.807, 2.05) is 0 Å². The number of nitrogens with one attached hydrogen (secondary N) is 1. The van der Waals surface area contributed by atoms with Gasteiger partial charge >= 0.3 is 6.18 Å². The molecule has 0 aliphatic rings. The lowest BCUT2D eigenvalue weighted by Gasteiger charge is -2.11. The van der Waals surface area contributed by atoms with Gasteiger partial charge in [-0.1, -0.05) is 6.07 Å². The summed E-state index contributed by atoms with van der Waals surface area (Å²) in [4.78, 5) is 3.82. The Bertz CT molecular complexity index is 580. The SMILES string of the molecule is FC(F)CNc1ccnc2cc(C(F)(F)F)ccc12. The van der Waals surface area contributed by atoms with Crippen LogP contribution in [0.5, 0.6) is 0 Å². The molecule has 0 aliphatic carbocycles. The molecule has 0 bridgehead atoms. The van der Waals surface area contributed by atoms with Gasteiger partial charge in [0.15, 0.2) is 0 Å². The second kappa shape index (κ2) is 4.99. The van der Waals surface area contributed by atoms with Crippen molar-refractivity contribution in [1.82, 2.24) is 4.98 Å². The minimum atomic E-state index is -4.46. The van der Waals surface area contributed by atoms with Gasteiger partial charge in [-0.25, -0.2) is 8.78 Å². The Balaban J connectivity index is 2.41. The molecule has 7 heteroatoms. The molecule has 1 heterocycles. The zero-order valence-electron chi connectivity index (χ0n) is 9.51. The van der Waals surface area contributed by atoms with Crippen LogP contribution >= 0.6 is 0 Å². The molecule has 2 aromatic rings. The van der Waals surface area contributed by atoms with Crippen LogP contribution in [0.25, 0.3) is 10.9 Å². The number of nitrogens with zero attached hydrogens (tertiary/aromatic N) is 1. The van der Waals surface area contributed by atoms with E-state index in [1.54, 1.807) is 0 Å².